The van der Waals surface area contributed by atoms with Gasteiger partial charge in [0, 0.05) is 37.9 Å². The number of likely N-dealkylation sites (N-methyl/N-ethyl adjacent to an activating group) is 1. The average Bonchev–Trinajstić information content (AvgIpc) is 1.92. The molecule has 0 atom stereocenters. The van der Waals surface area contributed by atoms with Crippen molar-refractivity contribution in [1.29, 1.82) is 0 Å². The Kier molecular flexibility index (Phi) is 2.47. The molecule has 2 heteroatoms. The summed E-state index contributed by atoms with van der Waals surface area (Å²) in [6.45, 7) is 14.1. The predicted octanol–water partition coefficient (Wildman–Crippen LogP) is 1.55. The Morgan fingerprint density at radius 3 is 2.25 bits per heavy atom. The van der Waals surface area contributed by atoms with E-state index in [1.54, 1.807) is 0 Å². The fraction of sp³-hybridized carbons (Fsp3) is 0.800. The molecule has 12 heavy (non-hydrogen) atoms. The Morgan fingerprint density at radius 2 is 1.83 bits per heavy atom. The van der Waals surface area contributed by atoms with Crippen LogP contribution in [-0.2, 0) is 0 Å². The van der Waals surface area contributed by atoms with Crippen molar-refractivity contribution in [3.05, 3.63) is 12.3 Å². The Labute approximate surface area is 75.8 Å². The molecule has 0 aromatic rings. The van der Waals surface area contributed by atoms with Gasteiger partial charge in [0.1, 0.15) is 0 Å². The van der Waals surface area contributed by atoms with Crippen LogP contribution < -0.4 is 0 Å². The summed E-state index contributed by atoms with van der Waals surface area (Å²) in [7, 11) is 2.11. The quantitative estimate of drug-likeness (QED) is 0.541. The highest BCUT2D eigenvalue weighted by atomic mass is 15.3. The summed E-state index contributed by atoms with van der Waals surface area (Å²) >= 11 is 0. The molecule has 1 rings (SSSR count). The van der Waals surface area contributed by atoms with Crippen molar-refractivity contribution in [3.63, 3.8) is 0 Å². The second-order valence-corrected chi connectivity index (χ2v) is 4.58. The predicted molar refractivity (Wildman–Crippen MR) is 53.1 cm³/mol. The third-order valence-electron chi connectivity index (χ3n) is 2.57. The minimum absolute atomic E-state index is 0.282. The van der Waals surface area contributed by atoms with E-state index in [0.717, 1.165) is 19.6 Å². The molecule has 0 amide bonds. The molecule has 2 nitrogen and oxygen atoms in total. The smallest absolute Gasteiger partial charge is 0.0383 e. The zero-order valence-corrected chi connectivity index (χ0v) is 8.72. The monoisotopic (exact) mass is 168 g/mol. The van der Waals surface area contributed by atoms with Crippen LogP contribution in [0.25, 0.3) is 0 Å². The maximum Gasteiger partial charge on any atom is 0.0383 e. The van der Waals surface area contributed by atoms with Gasteiger partial charge in [-0.15, -0.1) is 0 Å². The molecule has 0 aromatic heterocycles. The largest absolute Gasteiger partial charge is 0.376 e. The molecule has 1 aliphatic heterocycles. The van der Waals surface area contributed by atoms with Crippen LogP contribution in [-0.4, -0.2) is 42.0 Å². The van der Waals surface area contributed by atoms with Gasteiger partial charge in [0.25, 0.3) is 0 Å². The lowest BCUT2D eigenvalue weighted by molar-refractivity contribution is 0.101. The summed E-state index contributed by atoms with van der Waals surface area (Å²) in [5, 5.41) is 0. The lowest BCUT2D eigenvalue weighted by Gasteiger charge is -2.42. The SMILES string of the molecule is C=C1CN(C(C)(C)C)CCN1C. The molecule has 0 aromatic carbocycles. The van der Waals surface area contributed by atoms with Gasteiger partial charge in [-0.2, -0.15) is 0 Å². The Morgan fingerprint density at radius 1 is 1.25 bits per heavy atom. The summed E-state index contributed by atoms with van der Waals surface area (Å²) in [5.41, 5.74) is 1.51. The van der Waals surface area contributed by atoms with E-state index in [-0.39, 0.29) is 5.54 Å². The first-order valence-corrected chi connectivity index (χ1v) is 4.55. The van der Waals surface area contributed by atoms with Crippen LogP contribution in [0.2, 0.25) is 0 Å². The molecule has 1 heterocycles. The van der Waals surface area contributed by atoms with E-state index in [4.69, 9.17) is 0 Å². The highest BCUT2D eigenvalue weighted by Crippen LogP contribution is 2.18. The second-order valence-electron chi connectivity index (χ2n) is 4.58. The molecule has 0 unspecified atom stereocenters. The maximum absolute atomic E-state index is 4.04. The van der Waals surface area contributed by atoms with E-state index in [1.165, 1.54) is 5.70 Å². The van der Waals surface area contributed by atoms with E-state index in [2.05, 4.69) is 44.2 Å². The standard InChI is InChI=1S/C10H20N2/c1-9-8-12(10(2,3)4)7-6-11(9)5/h1,6-8H2,2-5H3. The Bertz CT molecular complexity index is 179. The molecule has 0 bridgehead atoms. The average molecular weight is 168 g/mol. The molecule has 1 fully saturated rings. The first-order chi connectivity index (χ1) is 5.41. The van der Waals surface area contributed by atoms with Crippen molar-refractivity contribution in [2.75, 3.05) is 26.7 Å². The van der Waals surface area contributed by atoms with Gasteiger partial charge in [-0.3, -0.25) is 4.90 Å². The minimum Gasteiger partial charge on any atom is -0.376 e. The van der Waals surface area contributed by atoms with Gasteiger partial charge in [0.2, 0.25) is 0 Å². The van der Waals surface area contributed by atoms with E-state index >= 15 is 0 Å². The van der Waals surface area contributed by atoms with Crippen molar-refractivity contribution in [2.24, 2.45) is 0 Å². The molecule has 0 spiro atoms. The van der Waals surface area contributed by atoms with Crippen LogP contribution in [0.1, 0.15) is 20.8 Å². The van der Waals surface area contributed by atoms with Gasteiger partial charge < -0.3 is 4.90 Å². The Balaban J connectivity index is 2.57. The van der Waals surface area contributed by atoms with Crippen LogP contribution in [0.4, 0.5) is 0 Å². The minimum atomic E-state index is 0.282. The maximum atomic E-state index is 4.04. The number of hydrogen-bond donors (Lipinski definition) is 0. The summed E-state index contributed by atoms with van der Waals surface area (Å²) in [4.78, 5) is 4.71. The highest BCUT2D eigenvalue weighted by Gasteiger charge is 2.25. The van der Waals surface area contributed by atoms with Gasteiger partial charge >= 0.3 is 0 Å². The van der Waals surface area contributed by atoms with Gasteiger partial charge in [-0.25, -0.2) is 0 Å². The van der Waals surface area contributed by atoms with Crippen LogP contribution in [0.3, 0.4) is 0 Å². The topological polar surface area (TPSA) is 6.48 Å². The molecule has 1 aliphatic rings. The highest BCUT2D eigenvalue weighted by molar-refractivity contribution is 5.01. The summed E-state index contributed by atoms with van der Waals surface area (Å²) in [6, 6.07) is 0. The molecule has 70 valence electrons. The molecule has 1 saturated heterocycles. The van der Waals surface area contributed by atoms with Gasteiger partial charge in [0.15, 0.2) is 0 Å². The number of piperazine rings is 1. The molecule has 0 N–H and O–H groups in total. The molecular formula is C10H20N2. The van der Waals surface area contributed by atoms with Gasteiger partial charge in [-0.05, 0) is 20.8 Å². The molecule has 0 aliphatic carbocycles. The van der Waals surface area contributed by atoms with Crippen molar-refractivity contribution in [3.8, 4) is 0 Å². The van der Waals surface area contributed by atoms with Crippen molar-refractivity contribution in [1.82, 2.24) is 9.80 Å². The van der Waals surface area contributed by atoms with Crippen LogP contribution in [0.15, 0.2) is 12.3 Å². The van der Waals surface area contributed by atoms with E-state index in [1.807, 2.05) is 0 Å². The molecule has 0 saturated carbocycles. The molecule has 0 radical (unpaired) electrons. The fourth-order valence-electron chi connectivity index (χ4n) is 1.42. The summed E-state index contributed by atoms with van der Waals surface area (Å²) < 4.78 is 0. The normalized spacial score (nSPS) is 21.7. The Hall–Kier alpha value is -0.500. The zero-order valence-electron chi connectivity index (χ0n) is 8.72. The summed E-state index contributed by atoms with van der Waals surface area (Å²) in [5.74, 6) is 0. The second kappa shape index (κ2) is 3.09. The lowest BCUT2D eigenvalue weighted by atomic mass is 10.0. The van der Waals surface area contributed by atoms with Crippen LogP contribution in [0.5, 0.6) is 0 Å². The van der Waals surface area contributed by atoms with Crippen LogP contribution in [0, 0.1) is 0 Å². The third-order valence-corrected chi connectivity index (χ3v) is 2.57. The van der Waals surface area contributed by atoms with Gasteiger partial charge in [0.05, 0.1) is 0 Å². The lowest BCUT2D eigenvalue weighted by Crippen LogP contribution is -2.51. The first-order valence-electron chi connectivity index (χ1n) is 4.55. The van der Waals surface area contributed by atoms with E-state index in [0.29, 0.717) is 0 Å². The molecular weight excluding hydrogens is 148 g/mol. The number of hydrogen-bond acceptors (Lipinski definition) is 2. The van der Waals surface area contributed by atoms with Crippen molar-refractivity contribution >= 4 is 0 Å². The first kappa shape index (κ1) is 9.59. The summed E-state index contributed by atoms with van der Waals surface area (Å²) in [6.07, 6.45) is 0. The number of nitrogens with zero attached hydrogens (tertiary/aromatic N) is 2. The third kappa shape index (κ3) is 2.01. The van der Waals surface area contributed by atoms with Crippen molar-refractivity contribution < 1.29 is 0 Å². The fourth-order valence-corrected chi connectivity index (χ4v) is 1.42. The van der Waals surface area contributed by atoms with E-state index < -0.39 is 0 Å². The van der Waals surface area contributed by atoms with Gasteiger partial charge in [-0.1, -0.05) is 6.58 Å². The van der Waals surface area contributed by atoms with Crippen LogP contribution >= 0.6 is 0 Å². The van der Waals surface area contributed by atoms with E-state index in [9.17, 15) is 0 Å². The zero-order chi connectivity index (χ0) is 9.35. The number of rotatable bonds is 0. The van der Waals surface area contributed by atoms with Crippen molar-refractivity contribution in [2.45, 2.75) is 26.3 Å².